The van der Waals surface area contributed by atoms with Crippen LogP contribution in [-0.4, -0.2) is 14.5 Å². The van der Waals surface area contributed by atoms with Gasteiger partial charge in [0, 0.05) is 12.6 Å². The molecule has 1 aromatic carbocycles. The summed E-state index contributed by atoms with van der Waals surface area (Å²) in [5.74, 6) is -0.0939. The van der Waals surface area contributed by atoms with Crippen molar-refractivity contribution in [3.63, 3.8) is 0 Å². The highest BCUT2D eigenvalue weighted by Gasteiger charge is 2.19. The van der Waals surface area contributed by atoms with Crippen LogP contribution in [0.4, 0.5) is 0 Å². The monoisotopic (exact) mass is 240 g/mol. The minimum atomic E-state index is -3.42. The number of hydrogen-bond acceptors (Lipinski definition) is 3. The second kappa shape index (κ2) is 4.53. The molecule has 0 spiro atoms. The second-order valence-corrected chi connectivity index (χ2v) is 5.89. The molecule has 0 radical (unpaired) electrons. The standard InChI is InChI=1S/C11H16N2O2S/c12-16(14,15)8-10-3-1-9(2-4-10)7-13-11-5-6-11/h1-4,11,13H,5-8H2,(H2,12,14,15). The molecular formula is C11H16N2O2S. The van der Waals surface area contributed by atoms with Crippen molar-refractivity contribution in [2.75, 3.05) is 0 Å². The topological polar surface area (TPSA) is 72.2 Å². The lowest BCUT2D eigenvalue weighted by Crippen LogP contribution is -2.16. The average molecular weight is 240 g/mol. The van der Waals surface area contributed by atoms with Crippen molar-refractivity contribution in [1.82, 2.24) is 5.32 Å². The van der Waals surface area contributed by atoms with E-state index in [0.717, 1.165) is 12.1 Å². The lowest BCUT2D eigenvalue weighted by Gasteiger charge is -2.04. The lowest BCUT2D eigenvalue weighted by atomic mass is 10.1. The average Bonchev–Trinajstić information content (AvgIpc) is 2.98. The van der Waals surface area contributed by atoms with Crippen LogP contribution in [0.25, 0.3) is 0 Å². The highest BCUT2D eigenvalue weighted by molar-refractivity contribution is 7.88. The predicted molar refractivity (Wildman–Crippen MR) is 63.1 cm³/mol. The third kappa shape index (κ3) is 3.92. The van der Waals surface area contributed by atoms with Crippen LogP contribution in [-0.2, 0) is 22.3 Å². The molecule has 1 fully saturated rings. The van der Waals surface area contributed by atoms with E-state index in [1.54, 1.807) is 0 Å². The molecule has 4 nitrogen and oxygen atoms in total. The first-order valence-electron chi connectivity index (χ1n) is 5.34. The lowest BCUT2D eigenvalue weighted by molar-refractivity contribution is 0.597. The van der Waals surface area contributed by atoms with E-state index in [2.05, 4.69) is 5.32 Å². The van der Waals surface area contributed by atoms with Crippen LogP contribution < -0.4 is 10.5 Å². The molecule has 1 aromatic rings. The molecule has 3 N–H and O–H groups in total. The van der Waals surface area contributed by atoms with E-state index in [4.69, 9.17) is 5.14 Å². The largest absolute Gasteiger partial charge is 0.310 e. The number of rotatable bonds is 5. The van der Waals surface area contributed by atoms with Crippen LogP contribution in [0.3, 0.4) is 0 Å². The number of primary sulfonamides is 1. The van der Waals surface area contributed by atoms with Crippen molar-refractivity contribution in [3.05, 3.63) is 35.4 Å². The number of nitrogens with two attached hydrogens (primary N) is 1. The van der Waals surface area contributed by atoms with Gasteiger partial charge < -0.3 is 5.32 Å². The highest BCUT2D eigenvalue weighted by Crippen LogP contribution is 2.19. The Bertz CT molecular complexity index is 449. The smallest absolute Gasteiger partial charge is 0.213 e. The first kappa shape index (κ1) is 11.6. The summed E-state index contributed by atoms with van der Waals surface area (Å²) >= 11 is 0. The summed E-state index contributed by atoms with van der Waals surface area (Å²) in [6, 6.07) is 8.19. The van der Waals surface area contributed by atoms with E-state index in [1.165, 1.54) is 18.4 Å². The Hall–Kier alpha value is -0.910. The first-order valence-corrected chi connectivity index (χ1v) is 7.06. The van der Waals surface area contributed by atoms with Crippen LogP contribution in [0.1, 0.15) is 24.0 Å². The van der Waals surface area contributed by atoms with Gasteiger partial charge in [0.25, 0.3) is 0 Å². The van der Waals surface area contributed by atoms with E-state index in [0.29, 0.717) is 6.04 Å². The Labute approximate surface area is 95.9 Å². The third-order valence-corrected chi connectivity index (χ3v) is 3.30. The van der Waals surface area contributed by atoms with Gasteiger partial charge in [-0.25, -0.2) is 13.6 Å². The molecule has 0 aromatic heterocycles. The molecular weight excluding hydrogens is 224 g/mol. The van der Waals surface area contributed by atoms with Gasteiger partial charge >= 0.3 is 0 Å². The summed E-state index contributed by atoms with van der Waals surface area (Å²) in [6.45, 7) is 0.848. The van der Waals surface area contributed by atoms with Crippen molar-refractivity contribution in [3.8, 4) is 0 Å². The molecule has 1 aliphatic carbocycles. The highest BCUT2D eigenvalue weighted by atomic mass is 32.2. The van der Waals surface area contributed by atoms with E-state index in [-0.39, 0.29) is 5.75 Å². The van der Waals surface area contributed by atoms with Gasteiger partial charge in [-0.2, -0.15) is 0 Å². The van der Waals surface area contributed by atoms with E-state index in [1.807, 2.05) is 24.3 Å². The molecule has 0 saturated heterocycles. The molecule has 0 bridgehead atoms. The Morgan fingerprint density at radius 3 is 2.25 bits per heavy atom. The van der Waals surface area contributed by atoms with Gasteiger partial charge in [-0.1, -0.05) is 24.3 Å². The number of hydrogen-bond donors (Lipinski definition) is 2. The van der Waals surface area contributed by atoms with Gasteiger partial charge in [-0.15, -0.1) is 0 Å². The molecule has 0 aliphatic heterocycles. The maximum Gasteiger partial charge on any atom is 0.213 e. The summed E-state index contributed by atoms with van der Waals surface area (Å²) in [4.78, 5) is 0. The fourth-order valence-corrected chi connectivity index (χ4v) is 2.19. The quantitative estimate of drug-likeness (QED) is 0.797. The zero-order chi connectivity index (χ0) is 11.6. The molecule has 88 valence electrons. The summed E-state index contributed by atoms with van der Waals surface area (Å²) in [6.07, 6.45) is 2.53. The minimum Gasteiger partial charge on any atom is -0.310 e. The summed E-state index contributed by atoms with van der Waals surface area (Å²) < 4.78 is 21.7. The summed E-state index contributed by atoms with van der Waals surface area (Å²) in [5.41, 5.74) is 1.91. The molecule has 2 rings (SSSR count). The van der Waals surface area contributed by atoms with Crippen molar-refractivity contribution in [2.24, 2.45) is 5.14 Å². The third-order valence-electron chi connectivity index (χ3n) is 2.56. The molecule has 1 saturated carbocycles. The molecule has 5 heteroatoms. The summed E-state index contributed by atoms with van der Waals surface area (Å²) in [5, 5.41) is 8.37. The van der Waals surface area contributed by atoms with Crippen LogP contribution >= 0.6 is 0 Å². The van der Waals surface area contributed by atoms with Gasteiger partial charge in [-0.05, 0) is 24.0 Å². The zero-order valence-electron chi connectivity index (χ0n) is 9.02. The van der Waals surface area contributed by atoms with Crippen molar-refractivity contribution in [1.29, 1.82) is 0 Å². The van der Waals surface area contributed by atoms with Crippen LogP contribution in [0.15, 0.2) is 24.3 Å². The molecule has 0 heterocycles. The normalized spacial score (nSPS) is 16.3. The van der Waals surface area contributed by atoms with Crippen LogP contribution in [0.5, 0.6) is 0 Å². The van der Waals surface area contributed by atoms with Gasteiger partial charge in [-0.3, -0.25) is 0 Å². The van der Waals surface area contributed by atoms with Crippen molar-refractivity contribution < 1.29 is 8.42 Å². The van der Waals surface area contributed by atoms with Crippen LogP contribution in [0, 0.1) is 0 Å². The second-order valence-electron chi connectivity index (χ2n) is 4.28. The fourth-order valence-electron chi connectivity index (χ4n) is 1.54. The zero-order valence-corrected chi connectivity index (χ0v) is 9.83. The van der Waals surface area contributed by atoms with Crippen LogP contribution in [0.2, 0.25) is 0 Å². The first-order chi connectivity index (χ1) is 7.53. The molecule has 1 aliphatic rings. The summed E-state index contributed by atoms with van der Waals surface area (Å²) in [7, 11) is -3.42. The minimum absolute atomic E-state index is 0.0939. The van der Waals surface area contributed by atoms with Gasteiger partial charge in [0.05, 0.1) is 5.75 Å². The maximum atomic E-state index is 10.9. The Balaban J connectivity index is 1.92. The van der Waals surface area contributed by atoms with Gasteiger partial charge in [0.2, 0.25) is 10.0 Å². The van der Waals surface area contributed by atoms with E-state index < -0.39 is 10.0 Å². The van der Waals surface area contributed by atoms with Gasteiger partial charge in [0.1, 0.15) is 0 Å². The van der Waals surface area contributed by atoms with Crippen molar-refractivity contribution in [2.45, 2.75) is 31.2 Å². The fraction of sp³-hybridized carbons (Fsp3) is 0.455. The van der Waals surface area contributed by atoms with E-state index in [9.17, 15) is 8.42 Å². The number of nitrogens with one attached hydrogen (secondary N) is 1. The van der Waals surface area contributed by atoms with Crippen molar-refractivity contribution >= 4 is 10.0 Å². The number of sulfonamides is 1. The molecule has 16 heavy (non-hydrogen) atoms. The molecule has 0 unspecified atom stereocenters. The Morgan fingerprint density at radius 1 is 1.19 bits per heavy atom. The van der Waals surface area contributed by atoms with Gasteiger partial charge in [0.15, 0.2) is 0 Å². The number of benzene rings is 1. The SMILES string of the molecule is NS(=O)(=O)Cc1ccc(CNC2CC2)cc1. The Morgan fingerprint density at radius 2 is 1.75 bits per heavy atom. The Kier molecular flexibility index (Phi) is 3.28. The molecule has 0 atom stereocenters. The molecule has 0 amide bonds. The predicted octanol–water partition coefficient (Wildman–Crippen LogP) is 0.727. The maximum absolute atomic E-state index is 10.9. The van der Waals surface area contributed by atoms with E-state index >= 15 is 0 Å².